The van der Waals surface area contributed by atoms with Gasteiger partial charge in [-0.3, -0.25) is 14.6 Å². The first-order valence-electron chi connectivity index (χ1n) is 11.6. The van der Waals surface area contributed by atoms with E-state index in [0.717, 1.165) is 55.7 Å². The molecule has 2 aliphatic rings. The molecule has 0 radical (unpaired) electrons. The summed E-state index contributed by atoms with van der Waals surface area (Å²) in [6.07, 6.45) is 6.09. The SMILES string of the molecule is Cc1cccc(CNC(=O)C2CC23CCN(C(=O)CCc2c[nH]c4ccccc24)CC3)n1. The van der Waals surface area contributed by atoms with Crippen LogP contribution in [0.5, 0.6) is 0 Å². The number of pyridine rings is 1. The molecule has 2 fully saturated rings. The van der Waals surface area contributed by atoms with Gasteiger partial charge in [-0.15, -0.1) is 0 Å². The highest BCUT2D eigenvalue weighted by Gasteiger charge is 2.58. The number of hydrogen-bond donors (Lipinski definition) is 2. The summed E-state index contributed by atoms with van der Waals surface area (Å²) in [4.78, 5) is 35.2. The first kappa shape index (κ1) is 20.7. The maximum Gasteiger partial charge on any atom is 0.224 e. The second-order valence-corrected chi connectivity index (χ2v) is 9.35. The minimum absolute atomic E-state index is 0.0794. The van der Waals surface area contributed by atoms with E-state index < -0.39 is 0 Å². The molecule has 6 heteroatoms. The molecular weight excluding hydrogens is 400 g/mol. The van der Waals surface area contributed by atoms with Crippen LogP contribution in [-0.4, -0.2) is 39.8 Å². The summed E-state index contributed by atoms with van der Waals surface area (Å²) in [5, 5.41) is 4.26. The first-order valence-corrected chi connectivity index (χ1v) is 11.6. The number of hydrogen-bond acceptors (Lipinski definition) is 3. The number of likely N-dealkylation sites (tertiary alicyclic amines) is 1. The van der Waals surface area contributed by atoms with E-state index in [1.807, 2.05) is 48.4 Å². The van der Waals surface area contributed by atoms with Gasteiger partial charge in [0.2, 0.25) is 11.8 Å². The molecule has 2 N–H and O–H groups in total. The highest BCUT2D eigenvalue weighted by molar-refractivity contribution is 5.84. The Hall–Kier alpha value is -3.15. The van der Waals surface area contributed by atoms with E-state index >= 15 is 0 Å². The van der Waals surface area contributed by atoms with Gasteiger partial charge in [-0.05, 0) is 61.8 Å². The highest BCUT2D eigenvalue weighted by atomic mass is 16.2. The third-order valence-electron chi connectivity index (χ3n) is 7.29. The number of aromatic nitrogens is 2. The molecule has 1 aliphatic heterocycles. The number of aromatic amines is 1. The van der Waals surface area contributed by atoms with Gasteiger partial charge in [0, 0.05) is 48.2 Å². The molecule has 5 rings (SSSR count). The minimum Gasteiger partial charge on any atom is -0.361 e. The Kier molecular flexibility index (Phi) is 5.45. The van der Waals surface area contributed by atoms with Crippen LogP contribution in [0.25, 0.3) is 10.9 Å². The van der Waals surface area contributed by atoms with Gasteiger partial charge in [-0.25, -0.2) is 0 Å². The molecule has 1 saturated heterocycles. The van der Waals surface area contributed by atoms with Crippen molar-refractivity contribution in [3.63, 3.8) is 0 Å². The predicted octanol–water partition coefficient (Wildman–Crippen LogP) is 3.75. The number of carbonyl (C=O) groups is 2. The summed E-state index contributed by atoms with van der Waals surface area (Å²) in [6, 6.07) is 14.1. The fourth-order valence-electron chi connectivity index (χ4n) is 5.21. The average Bonchev–Trinajstić information content (AvgIpc) is 3.34. The maximum atomic E-state index is 12.8. The van der Waals surface area contributed by atoms with Crippen LogP contribution in [0.2, 0.25) is 0 Å². The smallest absolute Gasteiger partial charge is 0.224 e. The number of fused-ring (bicyclic) bond motifs is 1. The van der Waals surface area contributed by atoms with Gasteiger partial charge < -0.3 is 15.2 Å². The molecule has 2 aromatic heterocycles. The molecule has 6 nitrogen and oxygen atoms in total. The summed E-state index contributed by atoms with van der Waals surface area (Å²) >= 11 is 0. The molecule has 1 aromatic carbocycles. The second kappa shape index (κ2) is 8.41. The third-order valence-corrected chi connectivity index (χ3v) is 7.29. The van der Waals surface area contributed by atoms with Gasteiger partial charge in [-0.1, -0.05) is 24.3 Å². The lowest BCUT2D eigenvalue weighted by Gasteiger charge is -2.33. The number of para-hydroxylation sites is 1. The predicted molar refractivity (Wildman–Crippen MR) is 124 cm³/mol. The Balaban J connectivity index is 1.09. The van der Waals surface area contributed by atoms with Crippen molar-refractivity contribution in [2.75, 3.05) is 13.1 Å². The minimum atomic E-state index is 0.0794. The monoisotopic (exact) mass is 430 g/mol. The number of aryl methyl sites for hydroxylation is 2. The number of amides is 2. The molecule has 3 aromatic rings. The number of benzene rings is 1. The zero-order valence-corrected chi connectivity index (χ0v) is 18.6. The molecule has 1 saturated carbocycles. The van der Waals surface area contributed by atoms with E-state index in [9.17, 15) is 9.59 Å². The normalized spacial score (nSPS) is 19.3. The lowest BCUT2D eigenvalue weighted by molar-refractivity contribution is -0.132. The molecular formula is C26H30N4O2. The van der Waals surface area contributed by atoms with E-state index in [1.54, 1.807) is 0 Å². The molecule has 1 atom stereocenters. The highest BCUT2D eigenvalue weighted by Crippen LogP contribution is 2.59. The van der Waals surface area contributed by atoms with Crippen LogP contribution in [0.3, 0.4) is 0 Å². The largest absolute Gasteiger partial charge is 0.361 e. The fourth-order valence-corrected chi connectivity index (χ4v) is 5.21. The lowest BCUT2D eigenvalue weighted by atomic mass is 9.90. The van der Waals surface area contributed by atoms with Crippen LogP contribution in [0.15, 0.2) is 48.7 Å². The number of rotatable bonds is 6. The van der Waals surface area contributed by atoms with Gasteiger partial charge in [-0.2, -0.15) is 0 Å². The average molecular weight is 431 g/mol. The summed E-state index contributed by atoms with van der Waals surface area (Å²) < 4.78 is 0. The van der Waals surface area contributed by atoms with Gasteiger partial charge >= 0.3 is 0 Å². The molecule has 3 heterocycles. The van der Waals surface area contributed by atoms with E-state index in [2.05, 4.69) is 27.4 Å². The van der Waals surface area contributed by atoms with Gasteiger partial charge in [0.15, 0.2) is 0 Å². The van der Waals surface area contributed by atoms with Crippen molar-refractivity contribution < 1.29 is 9.59 Å². The lowest BCUT2D eigenvalue weighted by Crippen LogP contribution is -2.40. The maximum absolute atomic E-state index is 12.8. The van der Waals surface area contributed by atoms with Crippen LogP contribution >= 0.6 is 0 Å². The Morgan fingerprint density at radius 2 is 1.97 bits per heavy atom. The van der Waals surface area contributed by atoms with Crippen LogP contribution < -0.4 is 5.32 Å². The van der Waals surface area contributed by atoms with Crippen molar-refractivity contribution >= 4 is 22.7 Å². The van der Waals surface area contributed by atoms with Crippen LogP contribution in [0, 0.1) is 18.3 Å². The van der Waals surface area contributed by atoms with Gasteiger partial charge in [0.25, 0.3) is 0 Å². The van der Waals surface area contributed by atoms with Crippen LogP contribution in [-0.2, 0) is 22.6 Å². The third kappa shape index (κ3) is 4.14. The Morgan fingerprint density at radius 1 is 1.16 bits per heavy atom. The van der Waals surface area contributed by atoms with Gasteiger partial charge in [0.05, 0.1) is 12.2 Å². The molecule has 0 bridgehead atoms. The van der Waals surface area contributed by atoms with E-state index in [-0.39, 0.29) is 23.1 Å². The zero-order chi connectivity index (χ0) is 22.1. The number of nitrogens with zero attached hydrogens (tertiary/aromatic N) is 2. The summed E-state index contributed by atoms with van der Waals surface area (Å²) in [5.74, 6) is 0.431. The molecule has 2 amide bonds. The topological polar surface area (TPSA) is 78.1 Å². The molecule has 166 valence electrons. The quantitative estimate of drug-likeness (QED) is 0.625. The molecule has 1 unspecified atom stereocenters. The van der Waals surface area contributed by atoms with Crippen LogP contribution in [0.4, 0.5) is 0 Å². The first-order chi connectivity index (χ1) is 15.5. The number of piperidine rings is 1. The summed E-state index contributed by atoms with van der Waals surface area (Å²) in [5.41, 5.74) is 4.26. The Bertz CT molecular complexity index is 1140. The second-order valence-electron chi connectivity index (χ2n) is 9.35. The summed E-state index contributed by atoms with van der Waals surface area (Å²) in [7, 11) is 0. The van der Waals surface area contributed by atoms with Gasteiger partial charge in [0.1, 0.15) is 0 Å². The molecule has 32 heavy (non-hydrogen) atoms. The van der Waals surface area contributed by atoms with Crippen molar-refractivity contribution in [1.82, 2.24) is 20.2 Å². The zero-order valence-electron chi connectivity index (χ0n) is 18.6. The molecule has 1 spiro atoms. The summed E-state index contributed by atoms with van der Waals surface area (Å²) in [6.45, 7) is 3.95. The Morgan fingerprint density at radius 3 is 2.78 bits per heavy atom. The van der Waals surface area contributed by atoms with Crippen LogP contribution in [0.1, 0.15) is 42.6 Å². The number of nitrogens with one attached hydrogen (secondary N) is 2. The fraction of sp³-hybridized carbons (Fsp3) is 0.423. The van der Waals surface area contributed by atoms with Crippen molar-refractivity contribution in [2.45, 2.75) is 45.6 Å². The molecule has 1 aliphatic carbocycles. The number of carbonyl (C=O) groups excluding carboxylic acids is 2. The van der Waals surface area contributed by atoms with Crippen molar-refractivity contribution in [1.29, 1.82) is 0 Å². The standard InChI is InChI=1S/C26H30N4O2/c1-18-5-4-6-20(29-18)17-28-25(32)22-15-26(22)11-13-30(14-12-26)24(31)10-9-19-16-27-23-8-3-2-7-21(19)23/h2-8,16,22,27H,9-15,17H2,1H3,(H,28,32). The van der Waals surface area contributed by atoms with Crippen molar-refractivity contribution in [3.8, 4) is 0 Å². The van der Waals surface area contributed by atoms with E-state index in [4.69, 9.17) is 0 Å². The van der Waals surface area contributed by atoms with E-state index in [1.165, 1.54) is 10.9 Å². The van der Waals surface area contributed by atoms with Crippen molar-refractivity contribution in [3.05, 3.63) is 65.6 Å². The van der Waals surface area contributed by atoms with Crippen molar-refractivity contribution in [2.24, 2.45) is 11.3 Å². The number of H-pyrrole nitrogens is 1. The van der Waals surface area contributed by atoms with E-state index in [0.29, 0.717) is 13.0 Å². The Labute approximate surface area is 188 Å².